The van der Waals surface area contributed by atoms with Crippen LogP contribution in [-0.4, -0.2) is 4.98 Å². The van der Waals surface area contributed by atoms with E-state index in [9.17, 15) is 4.39 Å². The topological polar surface area (TPSA) is 24.9 Å². The van der Waals surface area contributed by atoms with Gasteiger partial charge in [0.1, 0.15) is 5.82 Å². The maximum Gasteiger partial charge on any atom is 0.183 e. The molecule has 0 saturated heterocycles. The lowest BCUT2D eigenvalue weighted by molar-refractivity contribution is 0.630. The van der Waals surface area contributed by atoms with E-state index in [-0.39, 0.29) is 15.7 Å². The van der Waals surface area contributed by atoms with E-state index in [2.05, 4.69) is 10.3 Å². The molecular formula is C10H6Cl3FN2S. The Morgan fingerprint density at radius 1 is 1.29 bits per heavy atom. The van der Waals surface area contributed by atoms with E-state index in [1.54, 1.807) is 6.20 Å². The fraction of sp³-hybridized carbons (Fsp3) is 0.100. The highest BCUT2D eigenvalue weighted by Gasteiger charge is 2.09. The molecule has 7 heteroatoms. The first kappa shape index (κ1) is 12.9. The Labute approximate surface area is 116 Å². The van der Waals surface area contributed by atoms with Crippen LogP contribution in [0.15, 0.2) is 18.3 Å². The highest BCUT2D eigenvalue weighted by molar-refractivity contribution is 7.15. The van der Waals surface area contributed by atoms with Gasteiger partial charge < -0.3 is 5.32 Å². The molecule has 0 bridgehead atoms. The summed E-state index contributed by atoms with van der Waals surface area (Å²) in [4.78, 5) is 4.77. The van der Waals surface area contributed by atoms with E-state index in [1.165, 1.54) is 23.5 Å². The molecule has 0 fully saturated rings. The zero-order valence-corrected chi connectivity index (χ0v) is 11.4. The maximum absolute atomic E-state index is 13.5. The zero-order valence-electron chi connectivity index (χ0n) is 8.31. The first-order chi connectivity index (χ1) is 8.06. The van der Waals surface area contributed by atoms with Crippen molar-refractivity contribution in [2.45, 2.75) is 6.54 Å². The molecule has 0 aliphatic rings. The summed E-state index contributed by atoms with van der Waals surface area (Å²) in [5.41, 5.74) is 0.223. The smallest absolute Gasteiger partial charge is 0.183 e. The van der Waals surface area contributed by atoms with E-state index in [4.69, 9.17) is 34.8 Å². The van der Waals surface area contributed by atoms with Gasteiger partial charge in [0, 0.05) is 16.1 Å². The fourth-order valence-corrected chi connectivity index (χ4v) is 2.70. The third-order valence-corrected chi connectivity index (χ3v) is 3.60. The van der Waals surface area contributed by atoms with Gasteiger partial charge in [-0.2, -0.15) is 0 Å². The van der Waals surface area contributed by atoms with Crippen LogP contribution in [0.1, 0.15) is 4.88 Å². The minimum atomic E-state index is -0.488. The number of benzene rings is 1. The molecule has 2 nitrogen and oxygen atoms in total. The first-order valence-corrected chi connectivity index (χ1v) is 6.50. The van der Waals surface area contributed by atoms with Gasteiger partial charge in [0.05, 0.1) is 17.3 Å². The third-order valence-electron chi connectivity index (χ3n) is 1.97. The van der Waals surface area contributed by atoms with Crippen molar-refractivity contribution in [3.05, 3.63) is 43.5 Å². The average Bonchev–Trinajstić information content (AvgIpc) is 2.62. The second kappa shape index (κ2) is 5.40. The fourth-order valence-electron chi connectivity index (χ4n) is 1.25. The molecule has 0 spiro atoms. The van der Waals surface area contributed by atoms with Gasteiger partial charge in [-0.1, -0.05) is 34.8 Å². The number of nitrogens with one attached hydrogen (secondary N) is 1. The van der Waals surface area contributed by atoms with Crippen molar-refractivity contribution in [1.29, 1.82) is 0 Å². The summed E-state index contributed by atoms with van der Waals surface area (Å²) in [5, 5.41) is 3.39. The van der Waals surface area contributed by atoms with Gasteiger partial charge in [-0.05, 0) is 12.1 Å². The van der Waals surface area contributed by atoms with Crippen molar-refractivity contribution in [2.24, 2.45) is 0 Å². The molecule has 0 atom stereocenters. The van der Waals surface area contributed by atoms with Crippen LogP contribution in [0.25, 0.3) is 0 Å². The second-order valence-electron chi connectivity index (χ2n) is 3.18. The van der Waals surface area contributed by atoms with E-state index < -0.39 is 5.82 Å². The molecule has 0 unspecified atom stereocenters. The monoisotopic (exact) mass is 310 g/mol. The number of halogens is 4. The third kappa shape index (κ3) is 3.22. The Balaban J connectivity index is 2.14. The van der Waals surface area contributed by atoms with Crippen LogP contribution in [-0.2, 0) is 6.54 Å². The molecule has 2 rings (SSSR count). The molecule has 1 heterocycles. The van der Waals surface area contributed by atoms with E-state index in [0.717, 1.165) is 4.88 Å². The molecule has 0 aliphatic carbocycles. The minimum absolute atomic E-state index is 0.223. The lowest BCUT2D eigenvalue weighted by Crippen LogP contribution is -2.00. The van der Waals surface area contributed by atoms with Gasteiger partial charge in [0.15, 0.2) is 4.47 Å². The molecule has 0 saturated carbocycles. The summed E-state index contributed by atoms with van der Waals surface area (Å²) in [7, 11) is 0. The molecule has 0 aliphatic heterocycles. The van der Waals surface area contributed by atoms with Gasteiger partial charge in [-0.15, -0.1) is 11.3 Å². The van der Waals surface area contributed by atoms with Crippen molar-refractivity contribution in [1.82, 2.24) is 4.98 Å². The SMILES string of the molecule is Fc1cc(Cl)cc(Cl)c1NCc1cnc(Cl)s1. The van der Waals surface area contributed by atoms with Crippen molar-refractivity contribution in [2.75, 3.05) is 5.32 Å². The van der Waals surface area contributed by atoms with E-state index in [1.807, 2.05) is 0 Å². The Kier molecular flexibility index (Phi) is 4.09. The van der Waals surface area contributed by atoms with Crippen molar-refractivity contribution in [3.8, 4) is 0 Å². The van der Waals surface area contributed by atoms with Crippen LogP contribution in [0.2, 0.25) is 14.5 Å². The van der Waals surface area contributed by atoms with Crippen molar-refractivity contribution >= 4 is 51.8 Å². The summed E-state index contributed by atoms with van der Waals surface area (Å²) in [6, 6.07) is 2.68. The minimum Gasteiger partial charge on any atom is -0.377 e. The maximum atomic E-state index is 13.5. The Morgan fingerprint density at radius 3 is 2.65 bits per heavy atom. The van der Waals surface area contributed by atoms with Crippen LogP contribution >= 0.6 is 46.1 Å². The zero-order chi connectivity index (χ0) is 12.4. The highest BCUT2D eigenvalue weighted by atomic mass is 35.5. The molecule has 90 valence electrons. The Hall–Kier alpha value is -0.550. The first-order valence-electron chi connectivity index (χ1n) is 4.55. The van der Waals surface area contributed by atoms with Gasteiger partial charge in [-0.3, -0.25) is 0 Å². The van der Waals surface area contributed by atoms with Crippen LogP contribution < -0.4 is 5.32 Å². The standard InChI is InChI=1S/C10H6Cl3FN2S/c11-5-1-7(12)9(8(14)2-5)15-3-6-4-16-10(13)17-6/h1-2,4,15H,3H2. The van der Waals surface area contributed by atoms with E-state index in [0.29, 0.717) is 11.0 Å². The van der Waals surface area contributed by atoms with Gasteiger partial charge in [-0.25, -0.2) is 9.37 Å². The molecule has 17 heavy (non-hydrogen) atoms. The normalized spacial score (nSPS) is 10.6. The van der Waals surface area contributed by atoms with Crippen molar-refractivity contribution < 1.29 is 4.39 Å². The lowest BCUT2D eigenvalue weighted by Gasteiger charge is -2.08. The molecule has 0 radical (unpaired) electrons. The molecule has 1 aromatic carbocycles. The number of hydrogen-bond donors (Lipinski definition) is 1. The quantitative estimate of drug-likeness (QED) is 0.876. The van der Waals surface area contributed by atoms with Gasteiger partial charge in [0.2, 0.25) is 0 Å². The van der Waals surface area contributed by atoms with Crippen molar-refractivity contribution in [3.63, 3.8) is 0 Å². The molecule has 1 aromatic heterocycles. The molecule has 2 aromatic rings. The number of anilines is 1. The van der Waals surface area contributed by atoms with Gasteiger partial charge >= 0.3 is 0 Å². The van der Waals surface area contributed by atoms with E-state index >= 15 is 0 Å². The number of aromatic nitrogens is 1. The largest absolute Gasteiger partial charge is 0.377 e. The number of nitrogens with zero attached hydrogens (tertiary/aromatic N) is 1. The molecular weight excluding hydrogens is 306 g/mol. The summed E-state index contributed by atoms with van der Waals surface area (Å²) >= 11 is 18.6. The number of thiazole rings is 1. The number of hydrogen-bond acceptors (Lipinski definition) is 3. The molecule has 0 amide bonds. The van der Waals surface area contributed by atoms with Gasteiger partial charge in [0.25, 0.3) is 0 Å². The molecule has 1 N–H and O–H groups in total. The van der Waals surface area contributed by atoms with Crippen LogP contribution in [0.4, 0.5) is 10.1 Å². The summed E-state index contributed by atoms with van der Waals surface area (Å²) in [6.07, 6.45) is 1.63. The summed E-state index contributed by atoms with van der Waals surface area (Å²) in [5.74, 6) is -0.488. The average molecular weight is 312 g/mol. The van der Waals surface area contributed by atoms with Crippen LogP contribution in [0.5, 0.6) is 0 Å². The number of rotatable bonds is 3. The summed E-state index contributed by atoms with van der Waals surface area (Å²) < 4.78 is 14.0. The Morgan fingerprint density at radius 2 is 2.06 bits per heavy atom. The van der Waals surface area contributed by atoms with Crippen LogP contribution in [0, 0.1) is 5.82 Å². The predicted octanol–water partition coefficient (Wildman–Crippen LogP) is 4.85. The highest BCUT2D eigenvalue weighted by Crippen LogP contribution is 2.30. The summed E-state index contributed by atoms with van der Waals surface area (Å²) in [6.45, 7) is 0.405. The Bertz CT molecular complexity index is 521. The predicted molar refractivity (Wildman–Crippen MR) is 70.9 cm³/mol. The van der Waals surface area contributed by atoms with Crippen LogP contribution in [0.3, 0.4) is 0 Å². The second-order valence-corrected chi connectivity index (χ2v) is 5.72. The lowest BCUT2D eigenvalue weighted by atomic mass is 10.3.